The van der Waals surface area contributed by atoms with Crippen molar-refractivity contribution in [1.29, 1.82) is 0 Å². The van der Waals surface area contributed by atoms with Gasteiger partial charge in [0.25, 0.3) is 5.91 Å². The molecule has 2 aliphatic carbocycles. The van der Waals surface area contributed by atoms with Crippen molar-refractivity contribution in [2.45, 2.75) is 40.0 Å². The van der Waals surface area contributed by atoms with E-state index in [0.717, 1.165) is 18.6 Å². The number of fused-ring (bicyclic) bond motifs is 2. The smallest absolute Gasteiger partial charge is 0.267 e. The molecule has 1 amide bonds. The third-order valence-electron chi connectivity index (χ3n) is 5.89. The molecule has 2 fully saturated rings. The van der Waals surface area contributed by atoms with E-state index < -0.39 is 0 Å². The standard InChI is InChI=1S/C17H21ClN2O/c1-16(2)12-7-8-17(16,3)14(10-12)19-20-15(21)11-5-4-6-13(18)9-11/h4-6,9,12H,7-8,10H2,1-3H3,(H,20,21)/b19-14-/t12-,17+/m0/s1. The first-order valence-electron chi connectivity index (χ1n) is 7.47. The van der Waals surface area contributed by atoms with Crippen LogP contribution in [0.25, 0.3) is 0 Å². The summed E-state index contributed by atoms with van der Waals surface area (Å²) in [6.45, 7) is 6.93. The first kappa shape index (κ1) is 14.6. The molecule has 2 atom stereocenters. The predicted octanol–water partition coefficient (Wildman–Crippen LogP) is 4.27. The molecular weight excluding hydrogens is 284 g/mol. The van der Waals surface area contributed by atoms with Crippen molar-refractivity contribution in [2.24, 2.45) is 21.8 Å². The normalized spacial score (nSPS) is 31.6. The lowest BCUT2D eigenvalue weighted by Gasteiger charge is -2.34. The SMILES string of the molecule is CC1(C)[C@H]2CC[C@]1(C)/C(=N\NC(=O)c1cccc(Cl)c1)C2. The number of carbonyl (C=O) groups excluding carboxylic acids is 1. The highest BCUT2D eigenvalue weighted by Gasteiger charge is 2.59. The van der Waals surface area contributed by atoms with Crippen LogP contribution >= 0.6 is 11.6 Å². The minimum atomic E-state index is -0.200. The molecular formula is C17H21ClN2O. The van der Waals surface area contributed by atoms with Crippen LogP contribution in [0.5, 0.6) is 0 Å². The molecule has 0 heterocycles. The van der Waals surface area contributed by atoms with Crippen LogP contribution < -0.4 is 5.43 Å². The fraction of sp³-hybridized carbons (Fsp3) is 0.529. The molecule has 2 bridgehead atoms. The lowest BCUT2D eigenvalue weighted by molar-refractivity contribution is 0.0954. The number of hydrogen-bond donors (Lipinski definition) is 1. The number of hydrogen-bond acceptors (Lipinski definition) is 2. The maximum Gasteiger partial charge on any atom is 0.271 e. The van der Waals surface area contributed by atoms with E-state index in [0.29, 0.717) is 16.5 Å². The Kier molecular flexibility index (Phi) is 3.36. The van der Waals surface area contributed by atoms with Crippen molar-refractivity contribution in [1.82, 2.24) is 5.43 Å². The van der Waals surface area contributed by atoms with E-state index in [1.54, 1.807) is 24.3 Å². The van der Waals surface area contributed by atoms with E-state index in [1.165, 1.54) is 6.42 Å². The second-order valence-electron chi connectivity index (χ2n) is 7.00. The minimum Gasteiger partial charge on any atom is -0.267 e. The lowest BCUT2D eigenvalue weighted by Crippen LogP contribution is -2.34. The second kappa shape index (κ2) is 4.84. The van der Waals surface area contributed by atoms with E-state index in [-0.39, 0.29) is 16.7 Å². The summed E-state index contributed by atoms with van der Waals surface area (Å²) in [5, 5.41) is 5.01. The van der Waals surface area contributed by atoms with Gasteiger partial charge >= 0.3 is 0 Å². The van der Waals surface area contributed by atoms with Gasteiger partial charge in [0.05, 0.1) is 0 Å². The quantitative estimate of drug-likeness (QED) is 0.814. The zero-order valence-electron chi connectivity index (χ0n) is 12.7. The Morgan fingerprint density at radius 1 is 1.38 bits per heavy atom. The molecule has 2 aliphatic rings. The van der Waals surface area contributed by atoms with Gasteiger partial charge in [0.1, 0.15) is 0 Å². The molecule has 21 heavy (non-hydrogen) atoms. The zero-order chi connectivity index (χ0) is 15.3. The molecule has 0 radical (unpaired) electrons. The molecule has 3 rings (SSSR count). The molecule has 0 unspecified atom stereocenters. The van der Waals surface area contributed by atoms with Crippen molar-refractivity contribution < 1.29 is 4.79 Å². The summed E-state index contributed by atoms with van der Waals surface area (Å²) in [7, 11) is 0. The van der Waals surface area contributed by atoms with Crippen molar-refractivity contribution in [3.63, 3.8) is 0 Å². The number of benzene rings is 1. The van der Waals surface area contributed by atoms with Crippen LogP contribution in [0.15, 0.2) is 29.4 Å². The molecule has 0 aliphatic heterocycles. The number of rotatable bonds is 2. The van der Waals surface area contributed by atoms with Gasteiger partial charge in [-0.05, 0) is 48.8 Å². The molecule has 1 aromatic carbocycles. The van der Waals surface area contributed by atoms with E-state index in [4.69, 9.17) is 11.6 Å². The summed E-state index contributed by atoms with van der Waals surface area (Å²) in [6.07, 6.45) is 3.43. The first-order chi connectivity index (χ1) is 9.84. The molecule has 0 aromatic heterocycles. The van der Waals surface area contributed by atoms with Crippen LogP contribution in [0, 0.1) is 16.7 Å². The number of hydrazone groups is 1. The van der Waals surface area contributed by atoms with Crippen LogP contribution in [0.3, 0.4) is 0 Å². The Balaban J connectivity index is 1.77. The molecule has 112 valence electrons. The van der Waals surface area contributed by atoms with Crippen LogP contribution in [0.1, 0.15) is 50.4 Å². The van der Waals surface area contributed by atoms with Gasteiger partial charge in [0, 0.05) is 21.7 Å². The molecule has 4 heteroatoms. The van der Waals surface area contributed by atoms with E-state index in [9.17, 15) is 4.79 Å². The van der Waals surface area contributed by atoms with Crippen molar-refractivity contribution >= 4 is 23.2 Å². The largest absolute Gasteiger partial charge is 0.271 e. The van der Waals surface area contributed by atoms with Gasteiger partial charge in [-0.15, -0.1) is 0 Å². The number of nitrogens with zero attached hydrogens (tertiary/aromatic N) is 1. The third-order valence-corrected chi connectivity index (χ3v) is 6.13. The van der Waals surface area contributed by atoms with E-state index in [1.807, 2.05) is 0 Å². The first-order valence-corrected chi connectivity index (χ1v) is 7.85. The summed E-state index contributed by atoms with van der Waals surface area (Å²) in [5.74, 6) is 0.485. The number of amides is 1. The molecule has 3 nitrogen and oxygen atoms in total. The summed E-state index contributed by atoms with van der Waals surface area (Å²) in [5.41, 5.74) is 4.77. The highest BCUT2D eigenvalue weighted by atomic mass is 35.5. The van der Waals surface area contributed by atoms with Crippen LogP contribution in [-0.2, 0) is 0 Å². The van der Waals surface area contributed by atoms with Gasteiger partial charge < -0.3 is 0 Å². The maximum absolute atomic E-state index is 12.1. The Hall–Kier alpha value is -1.35. The summed E-state index contributed by atoms with van der Waals surface area (Å²) in [6, 6.07) is 6.92. The molecule has 2 saturated carbocycles. The number of carbonyl (C=O) groups is 1. The van der Waals surface area contributed by atoms with Gasteiger partial charge in [-0.1, -0.05) is 38.4 Å². The fourth-order valence-electron chi connectivity index (χ4n) is 3.91. The monoisotopic (exact) mass is 304 g/mol. The lowest BCUT2D eigenvalue weighted by atomic mass is 9.70. The summed E-state index contributed by atoms with van der Waals surface area (Å²) in [4.78, 5) is 12.1. The Labute approximate surface area is 130 Å². The molecule has 1 N–H and O–H groups in total. The Bertz CT molecular complexity index is 623. The van der Waals surface area contributed by atoms with Gasteiger partial charge in [-0.25, -0.2) is 5.43 Å². The number of nitrogens with one attached hydrogen (secondary N) is 1. The highest BCUT2D eigenvalue weighted by molar-refractivity contribution is 6.30. The van der Waals surface area contributed by atoms with Crippen LogP contribution in [0.2, 0.25) is 5.02 Å². The topological polar surface area (TPSA) is 41.5 Å². The number of halogens is 1. The average Bonchev–Trinajstić information content (AvgIpc) is 2.77. The summed E-state index contributed by atoms with van der Waals surface area (Å²) >= 11 is 5.91. The fourth-order valence-corrected chi connectivity index (χ4v) is 4.10. The predicted molar refractivity (Wildman–Crippen MR) is 85.6 cm³/mol. The van der Waals surface area contributed by atoms with Gasteiger partial charge in [-0.3, -0.25) is 4.79 Å². The minimum absolute atomic E-state index is 0.110. The molecule has 0 spiro atoms. The maximum atomic E-state index is 12.1. The van der Waals surface area contributed by atoms with Crippen molar-refractivity contribution in [3.05, 3.63) is 34.9 Å². The molecule has 0 saturated heterocycles. The summed E-state index contributed by atoms with van der Waals surface area (Å²) < 4.78 is 0. The molecule has 1 aromatic rings. The Morgan fingerprint density at radius 3 is 2.71 bits per heavy atom. The van der Waals surface area contributed by atoms with Crippen molar-refractivity contribution in [3.8, 4) is 0 Å². The van der Waals surface area contributed by atoms with Gasteiger partial charge in [0.2, 0.25) is 0 Å². The highest BCUT2D eigenvalue weighted by Crippen LogP contribution is 2.63. The van der Waals surface area contributed by atoms with Gasteiger partial charge in [-0.2, -0.15) is 5.10 Å². The average molecular weight is 305 g/mol. The third kappa shape index (κ3) is 2.18. The van der Waals surface area contributed by atoms with Crippen LogP contribution in [0.4, 0.5) is 0 Å². The van der Waals surface area contributed by atoms with E-state index >= 15 is 0 Å². The zero-order valence-corrected chi connectivity index (χ0v) is 13.5. The Morgan fingerprint density at radius 2 is 2.14 bits per heavy atom. The van der Waals surface area contributed by atoms with Crippen molar-refractivity contribution in [2.75, 3.05) is 0 Å². The second-order valence-corrected chi connectivity index (χ2v) is 7.44. The van der Waals surface area contributed by atoms with E-state index in [2.05, 4.69) is 31.3 Å². The van der Waals surface area contributed by atoms with Crippen LogP contribution in [-0.4, -0.2) is 11.6 Å². The van der Waals surface area contributed by atoms with Gasteiger partial charge in [0.15, 0.2) is 0 Å².